The minimum atomic E-state index is -0.377. The Labute approximate surface area is 170 Å². The van der Waals surface area contributed by atoms with Gasteiger partial charge in [0.1, 0.15) is 5.82 Å². The molecule has 4 N–H and O–H groups in total. The summed E-state index contributed by atoms with van der Waals surface area (Å²) >= 11 is 0. The van der Waals surface area contributed by atoms with Crippen LogP contribution < -0.4 is 10.8 Å². The Hall–Kier alpha value is -2.93. The van der Waals surface area contributed by atoms with Gasteiger partial charge < -0.3 is 10.3 Å². The number of unbranched alkanes of at least 4 members (excludes halogenated alkanes) is 2. The third-order valence-corrected chi connectivity index (χ3v) is 4.62. The number of imidazole rings is 1. The zero-order chi connectivity index (χ0) is 21.2. The predicted molar refractivity (Wildman–Crippen MR) is 115 cm³/mol. The van der Waals surface area contributed by atoms with Gasteiger partial charge in [0, 0.05) is 18.7 Å². The third-order valence-electron chi connectivity index (χ3n) is 4.62. The van der Waals surface area contributed by atoms with Crippen LogP contribution in [0.2, 0.25) is 0 Å². The summed E-state index contributed by atoms with van der Waals surface area (Å²) in [5.41, 5.74) is 3.48. The Morgan fingerprint density at radius 2 is 1.86 bits per heavy atom. The maximum Gasteiger partial charge on any atom is 0.243 e. The number of H-pyrrole nitrogens is 1. The van der Waals surface area contributed by atoms with Crippen LogP contribution in [0, 0.1) is 0 Å². The van der Waals surface area contributed by atoms with Crippen molar-refractivity contribution in [3.8, 4) is 0 Å². The van der Waals surface area contributed by atoms with Crippen LogP contribution in [0.15, 0.2) is 36.4 Å². The van der Waals surface area contributed by atoms with Crippen LogP contribution in [0.1, 0.15) is 64.7 Å². The molecule has 2 aromatic carbocycles. The van der Waals surface area contributed by atoms with E-state index >= 15 is 0 Å². The molecular weight excluding hydrogens is 368 g/mol. The fourth-order valence-electron chi connectivity index (χ4n) is 3.32. The predicted octanol–water partition coefficient (Wildman–Crippen LogP) is 4.38. The molecule has 7 heteroatoms. The van der Waals surface area contributed by atoms with Crippen LogP contribution in [0.5, 0.6) is 0 Å². The number of fused-ring (bicyclic) bond motifs is 3. The number of amides is 2. The maximum atomic E-state index is 11.6. The van der Waals surface area contributed by atoms with Gasteiger partial charge in [-0.3, -0.25) is 14.8 Å². The quantitative estimate of drug-likeness (QED) is 0.257. The molecule has 7 nitrogen and oxygen atoms in total. The molecule has 0 aliphatic heterocycles. The summed E-state index contributed by atoms with van der Waals surface area (Å²) < 4.78 is 0. The van der Waals surface area contributed by atoms with Gasteiger partial charge in [0.15, 0.2) is 0 Å². The summed E-state index contributed by atoms with van der Waals surface area (Å²) in [6.07, 6.45) is 3.36. The van der Waals surface area contributed by atoms with Gasteiger partial charge in [0.2, 0.25) is 11.8 Å². The van der Waals surface area contributed by atoms with E-state index in [1.54, 1.807) is 5.48 Å². The average molecular weight is 399 g/mol. The number of aromatic amines is 1. The first-order chi connectivity index (χ1) is 14.1. The molecule has 0 aliphatic rings. The summed E-state index contributed by atoms with van der Waals surface area (Å²) in [7, 11) is 0. The van der Waals surface area contributed by atoms with Crippen LogP contribution >= 0.6 is 0 Å². The van der Waals surface area contributed by atoms with E-state index in [2.05, 4.69) is 22.4 Å². The highest BCUT2D eigenvalue weighted by Crippen LogP contribution is 2.26. The Morgan fingerprint density at radius 3 is 2.59 bits per heavy atom. The molecule has 1 atom stereocenters. The highest BCUT2D eigenvalue weighted by Gasteiger charge is 2.17. The first-order valence-corrected chi connectivity index (χ1v) is 10.2. The van der Waals surface area contributed by atoms with Gasteiger partial charge in [-0.2, -0.15) is 0 Å². The van der Waals surface area contributed by atoms with Gasteiger partial charge in [-0.15, -0.1) is 0 Å². The largest absolute Gasteiger partial charge is 0.346 e. The maximum absolute atomic E-state index is 11.6. The van der Waals surface area contributed by atoms with Crippen molar-refractivity contribution in [1.82, 2.24) is 20.8 Å². The Balaban J connectivity index is 0.00000145. The lowest BCUT2D eigenvalue weighted by Gasteiger charge is -2.15. The topological polar surface area (TPSA) is 107 Å². The van der Waals surface area contributed by atoms with Crippen LogP contribution in [0.4, 0.5) is 0 Å². The Kier molecular flexibility index (Phi) is 8.61. The fraction of sp³-hybridized carbons (Fsp3) is 0.409. The summed E-state index contributed by atoms with van der Waals surface area (Å²) in [6, 6.07) is 11.9. The number of hydroxylamine groups is 1. The van der Waals surface area contributed by atoms with Crippen molar-refractivity contribution in [1.29, 1.82) is 0 Å². The van der Waals surface area contributed by atoms with Crippen molar-refractivity contribution in [3.05, 3.63) is 42.2 Å². The molecule has 0 saturated carbocycles. The molecule has 0 saturated heterocycles. The highest BCUT2D eigenvalue weighted by atomic mass is 16.5. The number of aromatic nitrogens is 2. The minimum Gasteiger partial charge on any atom is -0.346 e. The molecule has 2 amide bonds. The standard InChI is InChI=1S/C20H24N4O3.C2H6/c1-13(25)21-17(9-3-2-4-10-18(26)24-27)20-22-16-12-11-14-7-5-6-8-15(14)19(16)23-20;1-2/h5-8,11-12,17,27H,2-4,9-10H2,1H3,(H,21,25)(H,22,23)(H,24,26);1-2H3. The molecule has 0 radical (unpaired) electrons. The highest BCUT2D eigenvalue weighted by molar-refractivity contribution is 6.04. The van der Waals surface area contributed by atoms with E-state index in [9.17, 15) is 9.59 Å². The molecular formula is C22H30N4O3. The first kappa shape index (κ1) is 22.4. The molecule has 0 spiro atoms. The van der Waals surface area contributed by atoms with Crippen LogP contribution in [-0.2, 0) is 9.59 Å². The van der Waals surface area contributed by atoms with Crippen molar-refractivity contribution in [3.63, 3.8) is 0 Å². The molecule has 0 bridgehead atoms. The van der Waals surface area contributed by atoms with Crippen molar-refractivity contribution >= 4 is 33.6 Å². The number of nitrogens with one attached hydrogen (secondary N) is 3. The van der Waals surface area contributed by atoms with E-state index in [1.807, 2.05) is 38.1 Å². The van der Waals surface area contributed by atoms with Crippen molar-refractivity contribution in [2.45, 2.75) is 58.9 Å². The Morgan fingerprint density at radius 1 is 1.10 bits per heavy atom. The van der Waals surface area contributed by atoms with Crippen molar-refractivity contribution in [2.24, 2.45) is 0 Å². The van der Waals surface area contributed by atoms with Crippen LogP contribution in [0.3, 0.4) is 0 Å². The van der Waals surface area contributed by atoms with Gasteiger partial charge >= 0.3 is 0 Å². The van der Waals surface area contributed by atoms with E-state index in [0.717, 1.165) is 46.9 Å². The number of hydrogen-bond acceptors (Lipinski definition) is 4. The van der Waals surface area contributed by atoms with Crippen LogP contribution in [0.25, 0.3) is 21.8 Å². The van der Waals surface area contributed by atoms with E-state index in [0.29, 0.717) is 6.42 Å². The normalized spacial score (nSPS) is 11.6. The number of rotatable bonds is 8. The molecule has 0 fully saturated rings. The smallest absolute Gasteiger partial charge is 0.243 e. The second-order valence-electron chi connectivity index (χ2n) is 6.69. The summed E-state index contributed by atoms with van der Waals surface area (Å²) in [5.74, 6) is 0.257. The second-order valence-corrected chi connectivity index (χ2v) is 6.69. The van der Waals surface area contributed by atoms with E-state index in [4.69, 9.17) is 10.2 Å². The molecule has 156 valence electrons. The van der Waals surface area contributed by atoms with Gasteiger partial charge in [0.05, 0.1) is 17.1 Å². The van der Waals surface area contributed by atoms with E-state index in [1.165, 1.54) is 6.92 Å². The lowest BCUT2D eigenvalue weighted by Crippen LogP contribution is -2.27. The number of nitrogens with zero attached hydrogens (tertiary/aromatic N) is 1. The molecule has 1 heterocycles. The lowest BCUT2D eigenvalue weighted by molar-refractivity contribution is -0.129. The third kappa shape index (κ3) is 6.02. The molecule has 0 aliphatic carbocycles. The van der Waals surface area contributed by atoms with E-state index < -0.39 is 0 Å². The SMILES string of the molecule is CC.CC(=O)NC(CCCCCC(=O)NO)c1nc2c(ccc3ccccc32)[nH]1. The van der Waals surface area contributed by atoms with Crippen LogP contribution in [-0.4, -0.2) is 27.0 Å². The molecule has 29 heavy (non-hydrogen) atoms. The minimum absolute atomic E-state index is 0.107. The molecule has 1 aromatic heterocycles. The Bertz CT molecular complexity index is 952. The lowest BCUT2D eigenvalue weighted by atomic mass is 10.1. The molecule has 3 aromatic rings. The monoisotopic (exact) mass is 398 g/mol. The zero-order valence-electron chi connectivity index (χ0n) is 17.3. The summed E-state index contributed by atoms with van der Waals surface area (Å²) in [6.45, 7) is 5.50. The first-order valence-electron chi connectivity index (χ1n) is 10.2. The number of carbonyl (C=O) groups is 2. The number of hydrogen-bond donors (Lipinski definition) is 4. The van der Waals surface area contributed by atoms with Gasteiger partial charge in [-0.25, -0.2) is 10.5 Å². The number of benzene rings is 2. The molecule has 3 rings (SSSR count). The van der Waals surface area contributed by atoms with E-state index in [-0.39, 0.29) is 24.3 Å². The number of carbonyl (C=O) groups excluding carboxylic acids is 2. The van der Waals surface area contributed by atoms with Gasteiger partial charge in [-0.1, -0.05) is 57.0 Å². The second kappa shape index (κ2) is 11.2. The van der Waals surface area contributed by atoms with Crippen molar-refractivity contribution < 1.29 is 14.8 Å². The molecule has 1 unspecified atom stereocenters. The summed E-state index contributed by atoms with van der Waals surface area (Å²) in [4.78, 5) is 30.8. The van der Waals surface area contributed by atoms with Crippen molar-refractivity contribution in [2.75, 3.05) is 0 Å². The zero-order valence-corrected chi connectivity index (χ0v) is 17.3. The van der Waals surface area contributed by atoms with Gasteiger partial charge in [0.25, 0.3) is 0 Å². The fourth-order valence-corrected chi connectivity index (χ4v) is 3.32. The summed E-state index contributed by atoms with van der Waals surface area (Å²) in [5, 5.41) is 13.7. The van der Waals surface area contributed by atoms with Gasteiger partial charge in [-0.05, 0) is 24.3 Å². The average Bonchev–Trinajstić information content (AvgIpc) is 3.18.